The lowest BCUT2D eigenvalue weighted by atomic mass is 10.5. The molecule has 7 heteroatoms. The zero-order valence-corrected chi connectivity index (χ0v) is 7.30. The molecule has 0 spiro atoms. The fourth-order valence-electron chi connectivity index (χ4n) is 0.905. The summed E-state index contributed by atoms with van der Waals surface area (Å²) in [7, 11) is 0. The lowest BCUT2D eigenvalue weighted by molar-refractivity contribution is -0.136. The van der Waals surface area contributed by atoms with E-state index in [9.17, 15) is 9.59 Å². The first kappa shape index (κ1) is 8.67. The molecule has 1 saturated carbocycles. The molecule has 1 fully saturated rings. The standard InChI is InChI=1S/C7H9N5O2/c13-6(10-5-1-2-5)7(14)11-12-3-8-9-4-12/h3-5H,1-2H2,(H,10,13)(H,11,14). The highest BCUT2D eigenvalue weighted by Crippen LogP contribution is 2.18. The highest BCUT2D eigenvalue weighted by Gasteiger charge is 2.26. The van der Waals surface area contributed by atoms with Crippen molar-refractivity contribution in [3.05, 3.63) is 12.7 Å². The van der Waals surface area contributed by atoms with Crippen LogP contribution in [0.2, 0.25) is 0 Å². The number of carbonyl (C=O) groups excluding carboxylic acids is 2. The van der Waals surface area contributed by atoms with Crippen molar-refractivity contribution in [2.45, 2.75) is 18.9 Å². The van der Waals surface area contributed by atoms with Crippen LogP contribution in [-0.4, -0.2) is 32.7 Å². The SMILES string of the molecule is O=C(NC1CC1)C(=O)Nn1cnnc1. The fourth-order valence-corrected chi connectivity index (χ4v) is 0.905. The van der Waals surface area contributed by atoms with E-state index >= 15 is 0 Å². The Bertz CT molecular complexity index is 343. The molecule has 0 aliphatic heterocycles. The molecule has 1 aliphatic carbocycles. The van der Waals surface area contributed by atoms with Crippen LogP contribution in [0.4, 0.5) is 0 Å². The molecule has 1 heterocycles. The normalized spacial score (nSPS) is 14.9. The van der Waals surface area contributed by atoms with E-state index in [4.69, 9.17) is 0 Å². The van der Waals surface area contributed by atoms with E-state index in [1.807, 2.05) is 0 Å². The molecule has 7 nitrogen and oxygen atoms in total. The summed E-state index contributed by atoms with van der Waals surface area (Å²) in [6.07, 6.45) is 4.49. The number of nitrogens with one attached hydrogen (secondary N) is 2. The highest BCUT2D eigenvalue weighted by atomic mass is 16.2. The van der Waals surface area contributed by atoms with Gasteiger partial charge in [0.05, 0.1) is 0 Å². The maximum Gasteiger partial charge on any atom is 0.328 e. The first-order chi connectivity index (χ1) is 6.75. The van der Waals surface area contributed by atoms with E-state index < -0.39 is 11.8 Å². The second-order valence-electron chi connectivity index (χ2n) is 3.06. The van der Waals surface area contributed by atoms with Gasteiger partial charge >= 0.3 is 11.8 Å². The zero-order chi connectivity index (χ0) is 9.97. The van der Waals surface area contributed by atoms with Crippen molar-refractivity contribution in [3.63, 3.8) is 0 Å². The topological polar surface area (TPSA) is 88.9 Å². The second-order valence-corrected chi connectivity index (χ2v) is 3.06. The molecular formula is C7H9N5O2. The molecule has 1 aliphatic rings. The number of carbonyl (C=O) groups is 2. The van der Waals surface area contributed by atoms with E-state index in [0.29, 0.717) is 0 Å². The minimum absolute atomic E-state index is 0.175. The van der Waals surface area contributed by atoms with Crippen LogP contribution < -0.4 is 10.7 Å². The zero-order valence-electron chi connectivity index (χ0n) is 7.30. The van der Waals surface area contributed by atoms with Crippen LogP contribution in [0.1, 0.15) is 12.8 Å². The maximum atomic E-state index is 11.2. The Balaban J connectivity index is 1.85. The van der Waals surface area contributed by atoms with Crippen molar-refractivity contribution in [1.29, 1.82) is 0 Å². The summed E-state index contributed by atoms with van der Waals surface area (Å²) < 4.78 is 1.22. The van der Waals surface area contributed by atoms with Gasteiger partial charge in [-0.3, -0.25) is 15.0 Å². The van der Waals surface area contributed by atoms with Crippen molar-refractivity contribution in [2.75, 3.05) is 5.43 Å². The molecule has 0 saturated heterocycles. The van der Waals surface area contributed by atoms with Gasteiger partial charge in [-0.05, 0) is 12.8 Å². The maximum absolute atomic E-state index is 11.2. The predicted molar refractivity (Wildman–Crippen MR) is 45.6 cm³/mol. The monoisotopic (exact) mass is 195 g/mol. The summed E-state index contributed by atoms with van der Waals surface area (Å²) in [6.45, 7) is 0. The molecule has 0 radical (unpaired) electrons. The van der Waals surface area contributed by atoms with Crippen molar-refractivity contribution in [2.24, 2.45) is 0 Å². The third-order valence-corrected chi connectivity index (χ3v) is 1.77. The van der Waals surface area contributed by atoms with Crippen molar-refractivity contribution in [1.82, 2.24) is 20.2 Å². The summed E-state index contributed by atoms with van der Waals surface area (Å²) in [6, 6.07) is 0.175. The van der Waals surface area contributed by atoms with E-state index in [0.717, 1.165) is 12.8 Å². The molecule has 0 bridgehead atoms. The average molecular weight is 195 g/mol. The first-order valence-electron chi connectivity index (χ1n) is 4.22. The van der Waals surface area contributed by atoms with E-state index in [1.165, 1.54) is 17.3 Å². The van der Waals surface area contributed by atoms with Crippen LogP contribution in [-0.2, 0) is 9.59 Å². The molecule has 2 amide bonds. The van der Waals surface area contributed by atoms with Gasteiger partial charge in [0.15, 0.2) is 0 Å². The summed E-state index contributed by atoms with van der Waals surface area (Å²) >= 11 is 0. The fraction of sp³-hybridized carbons (Fsp3) is 0.429. The third kappa shape index (κ3) is 2.06. The third-order valence-electron chi connectivity index (χ3n) is 1.77. The van der Waals surface area contributed by atoms with Crippen LogP contribution in [0.25, 0.3) is 0 Å². The van der Waals surface area contributed by atoms with Gasteiger partial charge in [-0.15, -0.1) is 10.2 Å². The van der Waals surface area contributed by atoms with Crippen LogP contribution in [0.3, 0.4) is 0 Å². The van der Waals surface area contributed by atoms with Crippen LogP contribution >= 0.6 is 0 Å². The van der Waals surface area contributed by atoms with Crippen LogP contribution in [0.5, 0.6) is 0 Å². The van der Waals surface area contributed by atoms with Gasteiger partial charge < -0.3 is 5.32 Å². The molecule has 74 valence electrons. The van der Waals surface area contributed by atoms with Crippen molar-refractivity contribution in [3.8, 4) is 0 Å². The first-order valence-corrected chi connectivity index (χ1v) is 4.22. The molecule has 2 N–H and O–H groups in total. The van der Waals surface area contributed by atoms with Gasteiger partial charge in [0.25, 0.3) is 0 Å². The summed E-state index contributed by atoms with van der Waals surface area (Å²) in [5.41, 5.74) is 2.30. The summed E-state index contributed by atoms with van der Waals surface area (Å²) in [5.74, 6) is -1.34. The van der Waals surface area contributed by atoms with E-state index in [-0.39, 0.29) is 6.04 Å². The average Bonchev–Trinajstić information content (AvgIpc) is 2.81. The number of amides is 2. The van der Waals surface area contributed by atoms with Gasteiger partial charge in [0.1, 0.15) is 12.7 Å². The number of aromatic nitrogens is 3. The van der Waals surface area contributed by atoms with E-state index in [2.05, 4.69) is 20.9 Å². The Morgan fingerprint density at radius 1 is 1.21 bits per heavy atom. The molecule has 14 heavy (non-hydrogen) atoms. The van der Waals surface area contributed by atoms with Gasteiger partial charge in [0, 0.05) is 6.04 Å². The van der Waals surface area contributed by atoms with E-state index in [1.54, 1.807) is 0 Å². The van der Waals surface area contributed by atoms with Crippen LogP contribution in [0.15, 0.2) is 12.7 Å². The lowest BCUT2D eigenvalue weighted by Crippen LogP contribution is -2.39. The van der Waals surface area contributed by atoms with Crippen molar-refractivity contribution >= 4 is 11.8 Å². The minimum Gasteiger partial charge on any atom is -0.345 e. The van der Waals surface area contributed by atoms with Gasteiger partial charge in [-0.2, -0.15) is 0 Å². The minimum atomic E-state index is -0.711. The largest absolute Gasteiger partial charge is 0.345 e. The molecular weight excluding hydrogens is 186 g/mol. The Hall–Kier alpha value is -1.92. The molecule has 0 unspecified atom stereocenters. The van der Waals surface area contributed by atoms with Gasteiger partial charge in [0.2, 0.25) is 0 Å². The smallest absolute Gasteiger partial charge is 0.328 e. The number of hydrogen-bond acceptors (Lipinski definition) is 4. The van der Waals surface area contributed by atoms with Gasteiger partial charge in [-0.25, -0.2) is 4.68 Å². The summed E-state index contributed by atoms with van der Waals surface area (Å²) in [5, 5.41) is 9.51. The summed E-state index contributed by atoms with van der Waals surface area (Å²) in [4.78, 5) is 22.3. The predicted octanol–water partition coefficient (Wildman–Crippen LogP) is -1.37. The second kappa shape index (κ2) is 3.44. The highest BCUT2D eigenvalue weighted by molar-refractivity contribution is 6.38. The quantitative estimate of drug-likeness (QED) is 0.569. The molecule has 1 aromatic rings. The Morgan fingerprint density at radius 3 is 2.43 bits per heavy atom. The molecule has 1 aromatic heterocycles. The Morgan fingerprint density at radius 2 is 1.86 bits per heavy atom. The number of hydrogen-bond donors (Lipinski definition) is 2. The van der Waals surface area contributed by atoms with Crippen LogP contribution in [0, 0.1) is 0 Å². The molecule has 0 aromatic carbocycles. The van der Waals surface area contributed by atoms with Crippen molar-refractivity contribution < 1.29 is 9.59 Å². The number of nitrogens with zero attached hydrogens (tertiary/aromatic N) is 3. The molecule has 2 rings (SSSR count). The number of rotatable bonds is 2. The van der Waals surface area contributed by atoms with Gasteiger partial charge in [-0.1, -0.05) is 0 Å². The Kier molecular flexibility index (Phi) is 2.13. The lowest BCUT2D eigenvalue weighted by Gasteiger charge is -2.04. The molecule has 0 atom stereocenters. The Labute approximate surface area is 79.5 Å².